The van der Waals surface area contributed by atoms with Gasteiger partial charge in [0.2, 0.25) is 10.0 Å². The highest BCUT2D eigenvalue weighted by Crippen LogP contribution is 2.19. The number of carbonyl (C=O) groups is 1. The van der Waals surface area contributed by atoms with Crippen molar-refractivity contribution in [2.24, 2.45) is 5.92 Å². The fraction of sp³-hybridized carbons (Fsp3) is 0.588. The smallest absolute Gasteiger partial charge is 0.319 e. The maximum absolute atomic E-state index is 12.7. The van der Waals surface area contributed by atoms with E-state index in [1.165, 1.54) is 4.31 Å². The third-order valence-electron chi connectivity index (χ3n) is 4.20. The Morgan fingerprint density at radius 3 is 2.24 bits per heavy atom. The normalized spacial score (nSPS) is 16.8. The highest BCUT2D eigenvalue weighted by atomic mass is 32.2. The molecular formula is C17H28N4O3S. The van der Waals surface area contributed by atoms with Crippen molar-refractivity contribution in [2.75, 3.05) is 44.6 Å². The number of amides is 2. The Bertz CT molecular complexity index is 666. The van der Waals surface area contributed by atoms with E-state index in [9.17, 15) is 13.2 Å². The number of sulfonamides is 1. The van der Waals surface area contributed by atoms with E-state index in [4.69, 9.17) is 0 Å². The minimum absolute atomic E-state index is 0.255. The van der Waals surface area contributed by atoms with E-state index in [0.717, 1.165) is 19.6 Å². The van der Waals surface area contributed by atoms with E-state index < -0.39 is 10.0 Å². The van der Waals surface area contributed by atoms with Crippen molar-refractivity contribution in [3.63, 3.8) is 0 Å². The number of nitrogens with zero attached hydrogens (tertiary/aromatic N) is 2. The second kappa shape index (κ2) is 8.64. The Balaban J connectivity index is 1.98. The highest BCUT2D eigenvalue weighted by Gasteiger charge is 2.27. The molecule has 2 rings (SSSR count). The van der Waals surface area contributed by atoms with Crippen LogP contribution in [0.15, 0.2) is 29.2 Å². The number of urea groups is 1. The number of benzene rings is 1. The SMILES string of the molecule is CCN1CCN(S(=O)(=O)c2ccc(NC(=O)NCC(C)C)cc2)CC1. The number of rotatable bonds is 6. The summed E-state index contributed by atoms with van der Waals surface area (Å²) in [6, 6.07) is 6.02. The monoisotopic (exact) mass is 368 g/mol. The van der Waals surface area contributed by atoms with Gasteiger partial charge in [-0.25, -0.2) is 13.2 Å². The molecule has 0 aromatic heterocycles. The molecule has 0 unspecified atom stereocenters. The van der Waals surface area contributed by atoms with Crippen LogP contribution >= 0.6 is 0 Å². The lowest BCUT2D eigenvalue weighted by Crippen LogP contribution is -2.48. The molecule has 0 bridgehead atoms. The topological polar surface area (TPSA) is 81.8 Å². The lowest BCUT2D eigenvalue weighted by Gasteiger charge is -2.33. The lowest BCUT2D eigenvalue weighted by molar-refractivity contribution is 0.196. The van der Waals surface area contributed by atoms with Crippen LogP contribution in [0.3, 0.4) is 0 Å². The molecule has 25 heavy (non-hydrogen) atoms. The first-order valence-electron chi connectivity index (χ1n) is 8.70. The van der Waals surface area contributed by atoms with Gasteiger partial charge in [-0.05, 0) is 36.7 Å². The average Bonchev–Trinajstić information content (AvgIpc) is 2.60. The number of hydrogen-bond donors (Lipinski definition) is 2. The molecule has 1 aliphatic rings. The Kier molecular flexibility index (Phi) is 6.80. The zero-order valence-corrected chi connectivity index (χ0v) is 16.0. The van der Waals surface area contributed by atoms with Crippen LogP contribution in [0.1, 0.15) is 20.8 Å². The van der Waals surface area contributed by atoms with E-state index in [0.29, 0.717) is 31.2 Å². The summed E-state index contributed by atoms with van der Waals surface area (Å²) in [5, 5.41) is 5.46. The van der Waals surface area contributed by atoms with Crippen LogP contribution in [0.2, 0.25) is 0 Å². The van der Waals surface area contributed by atoms with Gasteiger partial charge < -0.3 is 15.5 Å². The van der Waals surface area contributed by atoms with Crippen molar-refractivity contribution < 1.29 is 13.2 Å². The van der Waals surface area contributed by atoms with Gasteiger partial charge in [-0.15, -0.1) is 0 Å². The summed E-state index contributed by atoms with van der Waals surface area (Å²) in [7, 11) is -3.48. The molecule has 1 heterocycles. The van der Waals surface area contributed by atoms with E-state index >= 15 is 0 Å². The molecule has 1 saturated heterocycles. The number of nitrogens with one attached hydrogen (secondary N) is 2. The van der Waals surface area contributed by atoms with E-state index in [2.05, 4.69) is 22.5 Å². The van der Waals surface area contributed by atoms with Gasteiger partial charge in [0.1, 0.15) is 0 Å². The molecular weight excluding hydrogens is 340 g/mol. The molecule has 0 saturated carbocycles. The number of anilines is 1. The molecule has 0 atom stereocenters. The molecule has 2 amide bonds. The Labute approximate surface area is 150 Å². The van der Waals surface area contributed by atoms with Crippen molar-refractivity contribution in [1.29, 1.82) is 0 Å². The molecule has 0 aliphatic carbocycles. The molecule has 1 aromatic rings. The Morgan fingerprint density at radius 1 is 1.12 bits per heavy atom. The summed E-state index contributed by atoms with van der Waals surface area (Å²) >= 11 is 0. The molecule has 1 fully saturated rings. The van der Waals surface area contributed by atoms with Crippen LogP contribution in [0.5, 0.6) is 0 Å². The quantitative estimate of drug-likeness (QED) is 0.802. The van der Waals surface area contributed by atoms with Gasteiger partial charge in [-0.3, -0.25) is 0 Å². The van der Waals surface area contributed by atoms with Crippen molar-refractivity contribution in [1.82, 2.24) is 14.5 Å². The number of likely N-dealkylation sites (N-methyl/N-ethyl adjacent to an activating group) is 1. The summed E-state index contributed by atoms with van der Waals surface area (Å²) in [6.07, 6.45) is 0. The van der Waals surface area contributed by atoms with Gasteiger partial charge in [0, 0.05) is 38.4 Å². The number of carbonyl (C=O) groups excluding carboxylic acids is 1. The maximum atomic E-state index is 12.7. The zero-order valence-electron chi connectivity index (χ0n) is 15.2. The molecule has 1 aliphatic heterocycles. The fourth-order valence-corrected chi connectivity index (χ4v) is 4.04. The van der Waals surface area contributed by atoms with Gasteiger partial charge in [0.15, 0.2) is 0 Å². The maximum Gasteiger partial charge on any atom is 0.319 e. The molecule has 8 heteroatoms. The number of hydrogen-bond acceptors (Lipinski definition) is 4. The van der Waals surface area contributed by atoms with Crippen LogP contribution in [-0.2, 0) is 10.0 Å². The van der Waals surface area contributed by atoms with E-state index in [1.807, 2.05) is 13.8 Å². The standard InChI is InChI=1S/C17H28N4O3S/c1-4-20-9-11-21(12-10-20)25(23,24)16-7-5-15(6-8-16)19-17(22)18-13-14(2)3/h5-8,14H,4,9-13H2,1-3H3,(H2,18,19,22). The first-order chi connectivity index (χ1) is 11.8. The predicted molar refractivity (Wildman–Crippen MR) is 99.2 cm³/mol. The second-order valence-corrected chi connectivity index (χ2v) is 8.53. The summed E-state index contributed by atoms with van der Waals surface area (Å²) in [6.45, 7) is 10.2. The van der Waals surface area contributed by atoms with Crippen molar-refractivity contribution >= 4 is 21.7 Å². The highest BCUT2D eigenvalue weighted by molar-refractivity contribution is 7.89. The zero-order chi connectivity index (χ0) is 18.4. The average molecular weight is 369 g/mol. The fourth-order valence-electron chi connectivity index (χ4n) is 2.62. The van der Waals surface area contributed by atoms with Crippen molar-refractivity contribution in [2.45, 2.75) is 25.7 Å². The molecule has 140 valence electrons. The summed E-state index contributed by atoms with van der Waals surface area (Å²) in [4.78, 5) is 14.2. The van der Waals surface area contributed by atoms with Crippen molar-refractivity contribution in [3.8, 4) is 0 Å². The van der Waals surface area contributed by atoms with Crippen LogP contribution in [-0.4, -0.2) is 62.9 Å². The Morgan fingerprint density at radius 2 is 1.72 bits per heavy atom. The van der Waals surface area contributed by atoms with Gasteiger partial charge in [0.05, 0.1) is 4.90 Å². The number of piperazine rings is 1. The van der Waals surface area contributed by atoms with E-state index in [1.54, 1.807) is 24.3 Å². The summed E-state index contributed by atoms with van der Waals surface area (Å²) < 4.78 is 26.9. The van der Waals surface area contributed by atoms with Crippen LogP contribution in [0.25, 0.3) is 0 Å². The molecule has 2 N–H and O–H groups in total. The lowest BCUT2D eigenvalue weighted by atomic mass is 10.2. The third kappa shape index (κ3) is 5.42. The predicted octanol–water partition coefficient (Wildman–Crippen LogP) is 1.79. The van der Waals surface area contributed by atoms with Gasteiger partial charge in [-0.2, -0.15) is 4.31 Å². The summed E-state index contributed by atoms with van der Waals surface area (Å²) in [5.41, 5.74) is 0.566. The van der Waals surface area contributed by atoms with Gasteiger partial charge >= 0.3 is 6.03 Å². The van der Waals surface area contributed by atoms with Gasteiger partial charge in [-0.1, -0.05) is 20.8 Å². The molecule has 0 spiro atoms. The summed E-state index contributed by atoms with van der Waals surface area (Å²) in [5.74, 6) is 0.367. The third-order valence-corrected chi connectivity index (χ3v) is 6.11. The minimum Gasteiger partial charge on any atom is -0.338 e. The van der Waals surface area contributed by atoms with Crippen molar-refractivity contribution in [3.05, 3.63) is 24.3 Å². The first kappa shape index (κ1) is 19.7. The molecule has 1 aromatic carbocycles. The first-order valence-corrected chi connectivity index (χ1v) is 10.1. The van der Waals surface area contributed by atoms with Crippen LogP contribution < -0.4 is 10.6 Å². The van der Waals surface area contributed by atoms with Crippen LogP contribution in [0.4, 0.5) is 10.5 Å². The largest absolute Gasteiger partial charge is 0.338 e. The van der Waals surface area contributed by atoms with E-state index in [-0.39, 0.29) is 10.9 Å². The molecule has 0 radical (unpaired) electrons. The van der Waals surface area contributed by atoms with Gasteiger partial charge in [0.25, 0.3) is 0 Å². The minimum atomic E-state index is -3.48. The second-order valence-electron chi connectivity index (χ2n) is 6.59. The van der Waals surface area contributed by atoms with Crippen LogP contribution in [0, 0.1) is 5.92 Å². The molecule has 7 nitrogen and oxygen atoms in total. The Hall–Kier alpha value is -1.64.